The second-order valence-corrected chi connectivity index (χ2v) is 13.8. The molecular formula is C21H19AlCl6N2O3. The number of halogens is 6. The zero-order valence-corrected chi connectivity index (χ0v) is 22.8. The van der Waals surface area contributed by atoms with Crippen LogP contribution >= 0.6 is 65.0 Å². The molecule has 2 aliphatic rings. The number of hydrogen-bond acceptors (Lipinski definition) is 4. The van der Waals surface area contributed by atoms with Gasteiger partial charge in [0.25, 0.3) is 0 Å². The summed E-state index contributed by atoms with van der Waals surface area (Å²) in [6.07, 6.45) is 1.33. The first-order valence-electron chi connectivity index (χ1n) is 9.28. The highest BCUT2D eigenvalue weighted by Gasteiger charge is 2.16. The maximum atomic E-state index is 11.3. The van der Waals surface area contributed by atoms with Crippen LogP contribution < -0.4 is 10.6 Å². The van der Waals surface area contributed by atoms with Gasteiger partial charge in [0.2, 0.25) is 11.1 Å². The van der Waals surface area contributed by atoms with E-state index in [-0.39, 0.29) is 23.5 Å². The minimum Gasteiger partial charge on any atom is -0.359 e. The van der Waals surface area contributed by atoms with Crippen LogP contribution in [-0.2, 0) is 22.4 Å². The van der Waals surface area contributed by atoms with Gasteiger partial charge >= 0.3 is 11.4 Å². The Bertz CT molecular complexity index is 974. The average Bonchev–Trinajstić information content (AvgIpc) is 3.33. The number of hydrogen-bond donors (Lipinski definition) is 2. The highest BCUT2D eigenvalue weighted by atomic mass is 35.8. The highest BCUT2D eigenvalue weighted by Crippen LogP contribution is 2.28. The normalized spacial score (nSPS) is 12.2. The molecule has 2 aliphatic heterocycles. The van der Waals surface area contributed by atoms with Crippen molar-refractivity contribution in [2.75, 3.05) is 22.4 Å². The molecule has 0 fully saturated rings. The van der Waals surface area contributed by atoms with Crippen molar-refractivity contribution >= 4 is 105 Å². The molecule has 0 atom stereocenters. The van der Waals surface area contributed by atoms with Crippen molar-refractivity contribution in [2.24, 2.45) is 0 Å². The molecule has 2 heterocycles. The predicted molar refractivity (Wildman–Crippen MR) is 142 cm³/mol. The summed E-state index contributed by atoms with van der Waals surface area (Å²) in [5.41, 5.74) is 5.87. The zero-order chi connectivity index (χ0) is 25.0. The third-order valence-electron chi connectivity index (χ3n) is 4.01. The third kappa shape index (κ3) is 11.8. The zero-order valence-electron chi connectivity index (χ0n) is 17.1. The minimum atomic E-state index is -1.72. The molecular weight excluding hydrogens is 568 g/mol. The number of rotatable bonds is 3. The number of carbonyl (C=O) groups is 3. The Kier molecular flexibility index (Phi) is 14.5. The van der Waals surface area contributed by atoms with E-state index in [1.165, 1.54) is 0 Å². The maximum Gasteiger partial charge on any atom is 0.643 e. The van der Waals surface area contributed by atoms with Crippen molar-refractivity contribution < 1.29 is 14.4 Å². The number of benzene rings is 2. The first-order valence-corrected chi connectivity index (χ1v) is 16.0. The van der Waals surface area contributed by atoms with Crippen molar-refractivity contribution in [3.8, 4) is 0 Å². The van der Waals surface area contributed by atoms with E-state index in [2.05, 4.69) is 17.2 Å². The molecule has 0 saturated heterocycles. The number of Topliss-reactive ketones (excluding diaryl/α,β-unsaturated/α-hetero) is 1. The van der Waals surface area contributed by atoms with Gasteiger partial charge in [-0.3, -0.25) is 14.4 Å². The monoisotopic (exact) mass is 584 g/mol. The summed E-state index contributed by atoms with van der Waals surface area (Å²) in [7, 11) is 14.8. The van der Waals surface area contributed by atoms with E-state index in [4.69, 9.17) is 65.0 Å². The van der Waals surface area contributed by atoms with Crippen molar-refractivity contribution in [3.63, 3.8) is 0 Å². The fourth-order valence-corrected chi connectivity index (χ4v) is 2.90. The lowest BCUT2D eigenvalue weighted by atomic mass is 10.1. The average molecular weight is 587 g/mol. The summed E-state index contributed by atoms with van der Waals surface area (Å²) >= 11 is 13.3. The van der Waals surface area contributed by atoms with E-state index >= 15 is 0 Å². The van der Waals surface area contributed by atoms with Gasteiger partial charge in [0.15, 0.2) is 5.78 Å². The van der Waals surface area contributed by atoms with Gasteiger partial charge in [0.1, 0.15) is 0 Å². The summed E-state index contributed by atoms with van der Waals surface area (Å²) in [5, 5.41) is 5.39. The number of nitrogens with one attached hydrogen (secondary N) is 2. The first-order chi connectivity index (χ1) is 15.6. The lowest BCUT2D eigenvalue weighted by molar-refractivity contribution is -0.115. The molecule has 2 N–H and O–H groups in total. The van der Waals surface area contributed by atoms with Gasteiger partial charge < -0.3 is 10.6 Å². The van der Waals surface area contributed by atoms with Crippen molar-refractivity contribution in [1.29, 1.82) is 0 Å². The summed E-state index contributed by atoms with van der Waals surface area (Å²) in [6, 6.07) is 13.3. The van der Waals surface area contributed by atoms with Crippen molar-refractivity contribution in [1.82, 2.24) is 0 Å². The molecule has 4 rings (SSSR count). The van der Waals surface area contributed by atoms with Crippen LogP contribution in [0.4, 0.5) is 11.4 Å². The van der Waals surface area contributed by atoms with Crippen molar-refractivity contribution in [2.45, 2.75) is 12.8 Å². The number of para-hydroxylation sites is 1. The Morgan fingerprint density at radius 2 is 1.48 bits per heavy atom. The van der Waals surface area contributed by atoms with Gasteiger partial charge in [0.05, 0.1) is 18.2 Å². The summed E-state index contributed by atoms with van der Waals surface area (Å²) in [5.74, 6) is 0.00233. The Labute approximate surface area is 224 Å². The molecule has 33 heavy (non-hydrogen) atoms. The molecule has 0 bridgehead atoms. The molecule has 2 aromatic rings. The molecule has 2 aromatic carbocycles. The number of alkyl halides is 2. The van der Waals surface area contributed by atoms with Crippen LogP contribution in [0.3, 0.4) is 0 Å². The third-order valence-corrected chi connectivity index (χ3v) is 4.77. The van der Waals surface area contributed by atoms with E-state index in [1.807, 2.05) is 36.4 Å². The van der Waals surface area contributed by atoms with E-state index in [9.17, 15) is 14.4 Å². The molecule has 0 aliphatic carbocycles. The number of anilines is 2. The number of amides is 1. The van der Waals surface area contributed by atoms with Gasteiger partial charge in [-0.15, -0.1) is 23.2 Å². The SMILES string of the molecule is C=C1Cc2cc(C(=O)CCl)ccc2N1.O=C(Cl)CCl.O=C1Cc2ccccc2N1.[Cl][Al]([Cl])[Cl]. The number of ketones is 1. The predicted octanol–water partition coefficient (Wildman–Crippen LogP) is 6.45. The Balaban J connectivity index is 0.000000250. The number of fused-ring (bicyclic) bond motifs is 2. The van der Waals surface area contributed by atoms with Gasteiger partial charge in [-0.25, -0.2) is 30.1 Å². The summed E-state index contributed by atoms with van der Waals surface area (Å²) < 4.78 is 0. The van der Waals surface area contributed by atoms with Crippen LogP contribution in [-0.4, -0.2) is 40.1 Å². The Morgan fingerprint density at radius 3 is 2.03 bits per heavy atom. The molecule has 0 unspecified atom stereocenters. The quantitative estimate of drug-likeness (QED) is 0.188. The standard InChI is InChI=1S/C11H10ClNO.C8H7NO.C2H2Cl2O.Al.3ClH/c1-7-4-9-5-8(11(14)6-12)2-3-10(9)13-7;10-8-5-6-3-1-2-4-7(6)9-8;3-1-2(4)5;;;;/h2-3,5,13H,1,4,6H2;1-4H,5H2,(H,9,10);1H2;;3*1H/q;;;+3;;;/p-3. The Morgan fingerprint density at radius 1 is 0.909 bits per heavy atom. The first kappa shape index (κ1) is 30.1. The number of carbonyl (C=O) groups excluding carboxylic acids is 3. The smallest absolute Gasteiger partial charge is 0.359 e. The molecule has 0 saturated carbocycles. The fraction of sp³-hybridized carbons (Fsp3) is 0.190. The summed E-state index contributed by atoms with van der Waals surface area (Å²) in [4.78, 5) is 31.6. The maximum absolute atomic E-state index is 11.3. The molecule has 0 radical (unpaired) electrons. The van der Waals surface area contributed by atoms with Crippen molar-refractivity contribution in [3.05, 3.63) is 71.4 Å². The highest BCUT2D eigenvalue weighted by molar-refractivity contribution is 7.54. The van der Waals surface area contributed by atoms with Gasteiger partial charge in [-0.1, -0.05) is 24.8 Å². The molecule has 0 aromatic heterocycles. The second kappa shape index (κ2) is 15.9. The fourth-order valence-electron chi connectivity index (χ4n) is 2.74. The van der Waals surface area contributed by atoms with E-state index in [0.29, 0.717) is 12.0 Å². The van der Waals surface area contributed by atoms with Gasteiger partial charge in [-0.2, -0.15) is 0 Å². The lowest BCUT2D eigenvalue weighted by Gasteiger charge is -2.01. The topological polar surface area (TPSA) is 75.3 Å². The minimum absolute atomic E-state index is 0.0349. The Hall–Kier alpha value is -0.938. The molecule has 176 valence electrons. The van der Waals surface area contributed by atoms with E-state index in [1.54, 1.807) is 6.07 Å². The van der Waals surface area contributed by atoms with Gasteiger partial charge in [-0.05, 0) is 47.0 Å². The van der Waals surface area contributed by atoms with Crippen LogP contribution in [0, 0.1) is 0 Å². The lowest BCUT2D eigenvalue weighted by Crippen LogP contribution is -2.03. The largest absolute Gasteiger partial charge is 0.643 e. The second-order valence-electron chi connectivity index (χ2n) is 6.45. The van der Waals surface area contributed by atoms with E-state index < -0.39 is 16.6 Å². The number of allylic oxidation sites excluding steroid dienone is 1. The van der Waals surface area contributed by atoms with Crippen LogP contribution in [0.2, 0.25) is 0 Å². The van der Waals surface area contributed by atoms with Crippen LogP contribution in [0.25, 0.3) is 0 Å². The molecule has 5 nitrogen and oxygen atoms in total. The summed E-state index contributed by atoms with van der Waals surface area (Å²) in [6.45, 7) is 3.84. The molecule has 0 spiro atoms. The van der Waals surface area contributed by atoms with Crippen LogP contribution in [0.1, 0.15) is 21.5 Å². The molecule has 1 amide bonds. The van der Waals surface area contributed by atoms with E-state index in [0.717, 1.165) is 34.6 Å². The van der Waals surface area contributed by atoms with Gasteiger partial charge in [0, 0.05) is 29.1 Å². The van der Waals surface area contributed by atoms with Crippen LogP contribution in [0.5, 0.6) is 0 Å². The molecule has 12 heteroatoms. The van der Waals surface area contributed by atoms with Crippen LogP contribution in [0.15, 0.2) is 54.7 Å².